The van der Waals surface area contributed by atoms with E-state index in [0.29, 0.717) is 0 Å². The van der Waals surface area contributed by atoms with Crippen molar-refractivity contribution in [2.75, 3.05) is 0 Å². The first-order chi connectivity index (χ1) is 20.4. The second-order valence-electron chi connectivity index (χ2n) is 15.8. The van der Waals surface area contributed by atoms with Gasteiger partial charge in [0.25, 0.3) is 0 Å². The van der Waals surface area contributed by atoms with Crippen molar-refractivity contribution >= 4 is 23.9 Å². The predicted octanol–water partition coefficient (Wildman–Crippen LogP) is 5.97. The topological polar surface area (TPSA) is 161 Å². The Labute approximate surface area is 274 Å². The zero-order chi connectivity index (χ0) is 36.4. The highest BCUT2D eigenvalue weighted by Gasteiger charge is 2.34. The van der Waals surface area contributed by atoms with Crippen LogP contribution in [-0.4, -0.2) is 69.7 Å². The van der Waals surface area contributed by atoms with Crippen LogP contribution in [-0.2, 0) is 67.8 Å². The van der Waals surface area contributed by atoms with Crippen LogP contribution in [0, 0.1) is 0 Å². The van der Waals surface area contributed by atoms with Crippen molar-refractivity contribution in [3.63, 3.8) is 0 Å². The number of rotatable bonds is 17. The smallest absolute Gasteiger partial charge is 0.449 e. The molecule has 0 rings (SSSR count). The molecule has 0 radical (unpaired) electrons. The normalized spacial score (nSPS) is 14.7. The van der Waals surface area contributed by atoms with E-state index < -0.39 is 69.7 Å². The van der Waals surface area contributed by atoms with Crippen LogP contribution in [0.4, 0.5) is 0 Å². The Balaban J connectivity index is 4.67. The standard InChI is InChI=1S/C32H58O14/c1-21(19-31(13,14)45-41-27(3,4)5)37-23(33)25(35)39-43-29(9,10)17-18-30(11,12)44-40-26(36)24(34)38-22(2)20-32(15,16)46-42-28(6,7)8/h21-22H,17-20H2,1-16H3. The molecular formula is C32H58O14. The average molecular weight is 667 g/mol. The number of carbonyl (C=O) groups excluding carboxylic acids is 4. The summed E-state index contributed by atoms with van der Waals surface area (Å²) in [7, 11) is 0. The van der Waals surface area contributed by atoms with Crippen molar-refractivity contribution in [3.8, 4) is 0 Å². The molecule has 0 saturated heterocycles. The fourth-order valence-corrected chi connectivity index (χ4v) is 3.53. The molecular weight excluding hydrogens is 608 g/mol. The van der Waals surface area contributed by atoms with E-state index in [2.05, 4.69) is 0 Å². The fraction of sp³-hybridized carbons (Fsp3) is 0.875. The van der Waals surface area contributed by atoms with Gasteiger partial charge in [-0.2, -0.15) is 9.78 Å². The Bertz CT molecular complexity index is 921. The Kier molecular flexibility index (Phi) is 16.3. The lowest BCUT2D eigenvalue weighted by atomic mass is 9.94. The average Bonchev–Trinajstić information content (AvgIpc) is 2.85. The van der Waals surface area contributed by atoms with Gasteiger partial charge < -0.3 is 9.47 Å². The highest BCUT2D eigenvalue weighted by molar-refractivity contribution is 6.29. The van der Waals surface area contributed by atoms with Crippen LogP contribution in [0.3, 0.4) is 0 Å². The number of carbonyl (C=O) groups is 4. The van der Waals surface area contributed by atoms with Gasteiger partial charge in [0.05, 0.1) is 11.2 Å². The molecule has 0 saturated carbocycles. The lowest BCUT2D eigenvalue weighted by molar-refractivity contribution is -0.399. The summed E-state index contributed by atoms with van der Waals surface area (Å²) in [5, 5.41) is 0. The van der Waals surface area contributed by atoms with Gasteiger partial charge in [-0.25, -0.2) is 38.7 Å². The second kappa shape index (κ2) is 17.2. The minimum absolute atomic E-state index is 0.225. The Morgan fingerprint density at radius 1 is 0.413 bits per heavy atom. The van der Waals surface area contributed by atoms with Gasteiger partial charge in [-0.05, 0) is 124 Å². The lowest BCUT2D eigenvalue weighted by Crippen LogP contribution is -2.37. The highest BCUT2D eigenvalue weighted by Crippen LogP contribution is 2.27. The van der Waals surface area contributed by atoms with Gasteiger partial charge in [-0.3, -0.25) is 9.78 Å². The molecule has 0 aromatic rings. The van der Waals surface area contributed by atoms with Crippen LogP contribution in [0.15, 0.2) is 0 Å². The molecule has 0 spiro atoms. The number of hydrogen-bond acceptors (Lipinski definition) is 14. The number of hydrogen-bond donors (Lipinski definition) is 0. The molecule has 0 N–H and O–H groups in total. The first-order valence-corrected chi connectivity index (χ1v) is 15.4. The summed E-state index contributed by atoms with van der Waals surface area (Å²) >= 11 is 0. The molecule has 0 aliphatic rings. The van der Waals surface area contributed by atoms with Gasteiger partial charge in [0.1, 0.15) is 34.6 Å². The Morgan fingerprint density at radius 3 is 0.957 bits per heavy atom. The maximum absolute atomic E-state index is 12.2. The molecule has 14 nitrogen and oxygen atoms in total. The van der Waals surface area contributed by atoms with Crippen LogP contribution >= 0.6 is 0 Å². The monoisotopic (exact) mass is 666 g/mol. The molecule has 0 aromatic carbocycles. The first-order valence-electron chi connectivity index (χ1n) is 15.4. The molecule has 0 aromatic heterocycles. The second-order valence-corrected chi connectivity index (χ2v) is 15.8. The van der Waals surface area contributed by atoms with Gasteiger partial charge in [0.2, 0.25) is 0 Å². The summed E-state index contributed by atoms with van der Waals surface area (Å²) in [5.41, 5.74) is -4.81. The minimum atomic E-state index is -1.33. The fourth-order valence-electron chi connectivity index (χ4n) is 3.53. The molecule has 14 heteroatoms. The third-order valence-electron chi connectivity index (χ3n) is 5.56. The van der Waals surface area contributed by atoms with Gasteiger partial charge >= 0.3 is 23.9 Å². The minimum Gasteiger partial charge on any atom is -0.454 e. The van der Waals surface area contributed by atoms with Crippen molar-refractivity contribution in [2.45, 2.75) is 182 Å². The Morgan fingerprint density at radius 2 is 0.696 bits per heavy atom. The predicted molar refractivity (Wildman–Crippen MR) is 164 cm³/mol. The maximum atomic E-state index is 12.2. The van der Waals surface area contributed by atoms with Crippen LogP contribution in [0.25, 0.3) is 0 Å². The van der Waals surface area contributed by atoms with Crippen molar-refractivity contribution in [1.29, 1.82) is 0 Å². The quantitative estimate of drug-likeness (QED) is 0.0773. The molecule has 0 aliphatic heterocycles. The third-order valence-corrected chi connectivity index (χ3v) is 5.56. The molecule has 0 amide bonds. The van der Waals surface area contributed by atoms with Crippen molar-refractivity contribution in [1.82, 2.24) is 0 Å². The van der Waals surface area contributed by atoms with E-state index in [-0.39, 0.29) is 25.7 Å². The summed E-state index contributed by atoms with van der Waals surface area (Å²) in [6, 6.07) is 0. The third kappa shape index (κ3) is 21.4. The van der Waals surface area contributed by atoms with E-state index in [0.717, 1.165) is 0 Å². The van der Waals surface area contributed by atoms with E-state index in [1.807, 2.05) is 41.5 Å². The van der Waals surface area contributed by atoms with Crippen LogP contribution in [0.1, 0.15) is 136 Å². The summed E-state index contributed by atoms with van der Waals surface area (Å²) in [5.74, 6) is -5.14. The summed E-state index contributed by atoms with van der Waals surface area (Å²) in [6.45, 7) is 27.7. The van der Waals surface area contributed by atoms with E-state index in [1.54, 1.807) is 69.2 Å². The van der Waals surface area contributed by atoms with Crippen molar-refractivity contribution in [3.05, 3.63) is 0 Å². The molecule has 0 aliphatic carbocycles. The largest absolute Gasteiger partial charge is 0.454 e. The van der Waals surface area contributed by atoms with E-state index in [4.69, 9.17) is 48.6 Å². The lowest BCUT2D eigenvalue weighted by Gasteiger charge is -2.30. The van der Waals surface area contributed by atoms with Gasteiger partial charge in [0.15, 0.2) is 0 Å². The summed E-state index contributed by atoms with van der Waals surface area (Å²) in [4.78, 5) is 90.2. The van der Waals surface area contributed by atoms with Gasteiger partial charge in [-0.15, -0.1) is 0 Å². The molecule has 2 atom stereocenters. The van der Waals surface area contributed by atoms with Gasteiger partial charge in [0, 0.05) is 12.8 Å². The van der Waals surface area contributed by atoms with Crippen LogP contribution in [0.5, 0.6) is 0 Å². The van der Waals surface area contributed by atoms with Crippen LogP contribution < -0.4 is 0 Å². The molecule has 0 fully saturated rings. The SMILES string of the molecule is CC(CC(C)(C)OOC(C)(C)C)OC(=O)C(=O)OOC(C)(C)CCC(C)(C)OOC(=O)C(=O)OC(C)CC(C)(C)OOC(C)(C)C. The number of esters is 2. The molecule has 46 heavy (non-hydrogen) atoms. The zero-order valence-electron chi connectivity index (χ0n) is 30.7. The van der Waals surface area contributed by atoms with Crippen LogP contribution in [0.2, 0.25) is 0 Å². The molecule has 270 valence electrons. The van der Waals surface area contributed by atoms with E-state index in [1.165, 1.54) is 0 Å². The van der Waals surface area contributed by atoms with Crippen molar-refractivity contribution < 1.29 is 67.8 Å². The van der Waals surface area contributed by atoms with Gasteiger partial charge in [-0.1, -0.05) is 0 Å². The summed E-state index contributed by atoms with van der Waals surface area (Å²) in [6.07, 6.45) is -0.454. The summed E-state index contributed by atoms with van der Waals surface area (Å²) < 4.78 is 10.3. The molecule has 2 unspecified atom stereocenters. The highest BCUT2D eigenvalue weighted by atomic mass is 17.2. The number of ether oxygens (including phenoxy) is 2. The zero-order valence-corrected chi connectivity index (χ0v) is 30.7. The van der Waals surface area contributed by atoms with E-state index in [9.17, 15) is 19.2 Å². The maximum Gasteiger partial charge on any atom is 0.449 e. The Hall–Kier alpha value is -2.36. The molecule has 0 bridgehead atoms. The molecule has 0 heterocycles. The van der Waals surface area contributed by atoms with E-state index >= 15 is 0 Å². The van der Waals surface area contributed by atoms with Crippen molar-refractivity contribution in [2.24, 2.45) is 0 Å². The first kappa shape index (κ1) is 43.6.